The van der Waals surface area contributed by atoms with Crippen LogP contribution in [-0.2, 0) is 4.74 Å². The van der Waals surface area contributed by atoms with Crippen LogP contribution >= 0.6 is 0 Å². The Morgan fingerprint density at radius 2 is 2.04 bits per heavy atom. The van der Waals surface area contributed by atoms with Crippen LogP contribution in [0.15, 0.2) is 29.3 Å². The van der Waals surface area contributed by atoms with E-state index in [1.165, 1.54) is 7.11 Å². The average molecular weight is 377 g/mol. The Balaban J connectivity index is 1.85. The third kappa shape index (κ3) is 6.66. The Hall–Kier alpha value is -2.44. The number of piperidine rings is 1. The van der Waals surface area contributed by atoms with Crippen molar-refractivity contribution < 1.29 is 14.3 Å². The van der Waals surface area contributed by atoms with Gasteiger partial charge in [-0.2, -0.15) is 0 Å². The molecule has 7 heteroatoms. The van der Waals surface area contributed by atoms with E-state index in [0.29, 0.717) is 19.6 Å². The van der Waals surface area contributed by atoms with E-state index >= 15 is 0 Å². The van der Waals surface area contributed by atoms with Gasteiger partial charge in [-0.25, -0.2) is 9.79 Å². The second kappa shape index (κ2) is 10.6. The molecule has 0 aliphatic carbocycles. The number of hydrogen-bond acceptors (Lipinski definition) is 4. The van der Waals surface area contributed by atoms with Crippen LogP contribution in [0, 0.1) is 6.92 Å². The first-order valence-electron chi connectivity index (χ1n) is 9.63. The number of carbonyl (C=O) groups is 1. The highest BCUT2D eigenvalue weighted by atomic mass is 16.5. The summed E-state index contributed by atoms with van der Waals surface area (Å²) in [6.45, 7) is 8.84. The molecule has 1 aliphatic heterocycles. The summed E-state index contributed by atoms with van der Waals surface area (Å²) in [6.07, 6.45) is 1.46. The van der Waals surface area contributed by atoms with Crippen molar-refractivity contribution >= 4 is 12.1 Å². The number of ether oxygens (including phenoxy) is 2. The van der Waals surface area contributed by atoms with Crippen molar-refractivity contribution in [2.75, 3.05) is 33.3 Å². The smallest absolute Gasteiger partial charge is 0.409 e. The van der Waals surface area contributed by atoms with Gasteiger partial charge in [0, 0.05) is 25.7 Å². The Morgan fingerprint density at radius 1 is 1.33 bits per heavy atom. The molecular weight excluding hydrogens is 344 g/mol. The topological polar surface area (TPSA) is 75.2 Å². The van der Waals surface area contributed by atoms with Crippen molar-refractivity contribution in [2.24, 2.45) is 4.99 Å². The van der Waals surface area contributed by atoms with Gasteiger partial charge < -0.3 is 25.0 Å². The number of nitrogens with one attached hydrogen (secondary N) is 2. The SMILES string of the molecule is CCNC(=NCC(C)Oc1ccccc1C)NC1CCN(C(=O)OC)CC1. The van der Waals surface area contributed by atoms with Crippen molar-refractivity contribution in [1.82, 2.24) is 15.5 Å². The van der Waals surface area contributed by atoms with Gasteiger partial charge in [0.05, 0.1) is 13.7 Å². The number of nitrogens with zero attached hydrogens (tertiary/aromatic N) is 2. The molecule has 0 aromatic heterocycles. The lowest BCUT2D eigenvalue weighted by atomic mass is 10.1. The highest BCUT2D eigenvalue weighted by Crippen LogP contribution is 2.17. The van der Waals surface area contributed by atoms with Crippen LogP contribution in [0.4, 0.5) is 4.79 Å². The van der Waals surface area contributed by atoms with Gasteiger partial charge >= 0.3 is 6.09 Å². The minimum absolute atomic E-state index is 0.0253. The van der Waals surface area contributed by atoms with E-state index in [1.807, 2.05) is 45.0 Å². The largest absolute Gasteiger partial charge is 0.489 e. The summed E-state index contributed by atoms with van der Waals surface area (Å²) in [5, 5.41) is 6.75. The second-order valence-electron chi connectivity index (χ2n) is 6.79. The molecule has 1 fully saturated rings. The van der Waals surface area contributed by atoms with E-state index in [9.17, 15) is 4.79 Å². The molecular formula is C20H32N4O3. The van der Waals surface area contributed by atoms with Crippen LogP contribution in [-0.4, -0.2) is 62.4 Å². The molecule has 1 heterocycles. The zero-order chi connectivity index (χ0) is 19.6. The first-order valence-corrected chi connectivity index (χ1v) is 9.63. The zero-order valence-electron chi connectivity index (χ0n) is 16.8. The molecule has 0 bridgehead atoms. The molecule has 150 valence electrons. The van der Waals surface area contributed by atoms with Gasteiger partial charge in [-0.15, -0.1) is 0 Å². The third-order valence-corrected chi connectivity index (χ3v) is 4.54. The van der Waals surface area contributed by atoms with Gasteiger partial charge in [0.2, 0.25) is 0 Å². The fraction of sp³-hybridized carbons (Fsp3) is 0.600. The molecule has 2 rings (SSSR count). The van der Waals surface area contributed by atoms with E-state index < -0.39 is 0 Å². The number of aliphatic imine (C=N–C) groups is 1. The second-order valence-corrected chi connectivity index (χ2v) is 6.79. The Bertz CT molecular complexity index is 627. The number of methoxy groups -OCH3 is 1. The van der Waals surface area contributed by atoms with Gasteiger partial charge in [-0.3, -0.25) is 0 Å². The third-order valence-electron chi connectivity index (χ3n) is 4.54. The molecule has 1 amide bonds. The number of carbonyl (C=O) groups excluding carboxylic acids is 1. The number of para-hydroxylation sites is 1. The number of amides is 1. The van der Waals surface area contributed by atoms with E-state index in [4.69, 9.17) is 9.47 Å². The number of likely N-dealkylation sites (tertiary alicyclic amines) is 1. The van der Waals surface area contributed by atoms with Crippen molar-refractivity contribution in [3.63, 3.8) is 0 Å². The maximum atomic E-state index is 11.6. The minimum atomic E-state index is -0.254. The van der Waals surface area contributed by atoms with E-state index in [1.54, 1.807) is 4.90 Å². The van der Waals surface area contributed by atoms with Crippen LogP contribution in [0.25, 0.3) is 0 Å². The average Bonchev–Trinajstić information content (AvgIpc) is 2.68. The molecule has 2 N–H and O–H groups in total. The molecule has 1 unspecified atom stereocenters. The fourth-order valence-electron chi connectivity index (χ4n) is 3.01. The maximum absolute atomic E-state index is 11.6. The van der Waals surface area contributed by atoms with Gasteiger partial charge in [0.1, 0.15) is 11.9 Å². The van der Waals surface area contributed by atoms with Gasteiger partial charge in [0.15, 0.2) is 5.96 Å². The highest BCUT2D eigenvalue weighted by molar-refractivity contribution is 5.80. The monoisotopic (exact) mass is 376 g/mol. The summed E-state index contributed by atoms with van der Waals surface area (Å²) in [4.78, 5) is 18.0. The number of aryl methyl sites for hydroxylation is 1. The van der Waals surface area contributed by atoms with E-state index in [0.717, 1.165) is 36.7 Å². The zero-order valence-corrected chi connectivity index (χ0v) is 16.8. The normalized spacial score (nSPS) is 16.6. The number of benzene rings is 1. The van der Waals surface area contributed by atoms with Crippen LogP contribution in [0.2, 0.25) is 0 Å². The molecule has 1 aromatic carbocycles. The van der Waals surface area contributed by atoms with Crippen LogP contribution in [0.3, 0.4) is 0 Å². The van der Waals surface area contributed by atoms with Crippen molar-refractivity contribution in [3.8, 4) is 5.75 Å². The van der Waals surface area contributed by atoms with E-state index in [2.05, 4.69) is 15.6 Å². The van der Waals surface area contributed by atoms with Gasteiger partial charge in [-0.1, -0.05) is 18.2 Å². The minimum Gasteiger partial charge on any atom is -0.489 e. The molecule has 0 spiro atoms. The number of hydrogen-bond donors (Lipinski definition) is 2. The van der Waals surface area contributed by atoms with Crippen molar-refractivity contribution in [3.05, 3.63) is 29.8 Å². The van der Waals surface area contributed by atoms with Gasteiger partial charge in [-0.05, 0) is 45.2 Å². The maximum Gasteiger partial charge on any atom is 0.409 e. The van der Waals surface area contributed by atoms with Crippen LogP contribution < -0.4 is 15.4 Å². The summed E-state index contributed by atoms with van der Waals surface area (Å²) < 4.78 is 10.8. The molecule has 27 heavy (non-hydrogen) atoms. The first kappa shape index (κ1) is 20.9. The summed E-state index contributed by atoms with van der Waals surface area (Å²) in [5.41, 5.74) is 1.12. The summed E-state index contributed by atoms with van der Waals surface area (Å²) >= 11 is 0. The molecule has 1 saturated heterocycles. The van der Waals surface area contributed by atoms with Crippen molar-refractivity contribution in [2.45, 2.75) is 45.8 Å². The lowest BCUT2D eigenvalue weighted by Gasteiger charge is -2.32. The van der Waals surface area contributed by atoms with Gasteiger partial charge in [0.25, 0.3) is 0 Å². The molecule has 1 atom stereocenters. The molecule has 1 aliphatic rings. The van der Waals surface area contributed by atoms with E-state index in [-0.39, 0.29) is 18.2 Å². The Morgan fingerprint density at radius 3 is 2.67 bits per heavy atom. The van der Waals surface area contributed by atoms with Crippen molar-refractivity contribution in [1.29, 1.82) is 0 Å². The standard InChI is InChI=1S/C20H32N4O3/c1-5-21-19(23-17-10-12-24(13-11-17)20(25)26-4)22-14-16(3)27-18-9-7-6-8-15(18)2/h6-9,16-17H,5,10-14H2,1-4H3,(H2,21,22,23). The molecule has 0 saturated carbocycles. The predicted octanol–water partition coefficient (Wildman–Crippen LogP) is 2.55. The lowest BCUT2D eigenvalue weighted by molar-refractivity contribution is 0.111. The Kier molecular flexibility index (Phi) is 8.23. The van der Waals surface area contributed by atoms with Crippen LogP contribution in [0.5, 0.6) is 5.75 Å². The lowest BCUT2D eigenvalue weighted by Crippen LogP contribution is -2.50. The quantitative estimate of drug-likeness (QED) is 0.589. The number of guanidine groups is 1. The Labute approximate surface area is 162 Å². The van der Waals surface area contributed by atoms with Crippen LogP contribution in [0.1, 0.15) is 32.3 Å². The highest BCUT2D eigenvalue weighted by Gasteiger charge is 2.23. The summed E-state index contributed by atoms with van der Waals surface area (Å²) in [6, 6.07) is 8.29. The molecule has 1 aromatic rings. The molecule has 7 nitrogen and oxygen atoms in total. The molecule has 0 radical (unpaired) electrons. The fourth-order valence-corrected chi connectivity index (χ4v) is 3.01. The summed E-state index contributed by atoms with van der Waals surface area (Å²) in [7, 11) is 1.42. The number of rotatable bonds is 6. The predicted molar refractivity (Wildman–Crippen MR) is 107 cm³/mol. The summed E-state index contributed by atoms with van der Waals surface area (Å²) in [5.74, 6) is 1.68. The first-order chi connectivity index (χ1) is 13.0.